The Balaban J connectivity index is 2.78. The molecule has 4 heteroatoms. The highest BCUT2D eigenvalue weighted by Crippen LogP contribution is 2.16. The molecule has 0 heterocycles. The molecule has 0 saturated carbocycles. The van der Waals surface area contributed by atoms with Crippen LogP contribution in [0.25, 0.3) is 0 Å². The number of aliphatic carboxylic acids is 1. The van der Waals surface area contributed by atoms with Crippen LogP contribution in [0.4, 0.5) is 0 Å². The number of carboxylic acids is 1. The number of rotatable bonds is 4. The maximum atomic E-state index is 11.1. The zero-order valence-electron chi connectivity index (χ0n) is 10.3. The average molecular weight is 232 g/mol. The molecule has 0 saturated heterocycles. The number of nitrogens with zero attached hydrogens (tertiary/aromatic N) is 2. The Morgan fingerprint density at radius 2 is 1.94 bits per heavy atom. The van der Waals surface area contributed by atoms with E-state index in [0.717, 1.165) is 5.56 Å². The Morgan fingerprint density at radius 3 is 2.35 bits per heavy atom. The lowest BCUT2D eigenvalue weighted by molar-refractivity contribution is -0.148. The summed E-state index contributed by atoms with van der Waals surface area (Å²) in [6.45, 7) is 3.86. The summed E-state index contributed by atoms with van der Waals surface area (Å²) in [7, 11) is 1.77. The highest BCUT2D eigenvalue weighted by Gasteiger charge is 2.31. The largest absolute Gasteiger partial charge is 0.480 e. The van der Waals surface area contributed by atoms with Gasteiger partial charge < -0.3 is 5.11 Å². The van der Waals surface area contributed by atoms with E-state index in [2.05, 4.69) is 0 Å². The van der Waals surface area contributed by atoms with Gasteiger partial charge in [-0.15, -0.1) is 0 Å². The van der Waals surface area contributed by atoms with Crippen LogP contribution in [0.5, 0.6) is 0 Å². The van der Waals surface area contributed by atoms with E-state index in [1.54, 1.807) is 37.9 Å². The Labute approximate surface area is 101 Å². The van der Waals surface area contributed by atoms with Crippen molar-refractivity contribution < 1.29 is 9.90 Å². The molecule has 0 aliphatic heterocycles. The standard InChI is InChI=1S/C13H16N2O2/c1-13(2,12(16)17)15(3)9-11-6-4-10(8-14)5-7-11/h4-7H,9H2,1-3H3,(H,16,17). The third-order valence-electron chi connectivity index (χ3n) is 2.98. The number of carboxylic acid groups (broad SMARTS) is 1. The summed E-state index contributed by atoms with van der Waals surface area (Å²) in [5.41, 5.74) is 0.684. The average Bonchev–Trinajstić information content (AvgIpc) is 2.29. The molecule has 0 aliphatic carbocycles. The van der Waals surface area contributed by atoms with Crippen LogP contribution < -0.4 is 0 Å². The van der Waals surface area contributed by atoms with Crippen LogP contribution in [0.15, 0.2) is 24.3 Å². The molecule has 90 valence electrons. The lowest BCUT2D eigenvalue weighted by Crippen LogP contribution is -2.47. The van der Waals surface area contributed by atoms with Crippen molar-refractivity contribution in [2.45, 2.75) is 25.9 Å². The second-order valence-electron chi connectivity index (χ2n) is 4.53. The normalized spacial score (nSPS) is 11.2. The quantitative estimate of drug-likeness (QED) is 0.860. The molecule has 0 aliphatic rings. The first-order valence-corrected chi connectivity index (χ1v) is 5.31. The van der Waals surface area contributed by atoms with Crippen molar-refractivity contribution in [3.63, 3.8) is 0 Å². The lowest BCUT2D eigenvalue weighted by atomic mass is 10.0. The Hall–Kier alpha value is -1.86. The number of hydrogen-bond acceptors (Lipinski definition) is 3. The number of nitriles is 1. The van der Waals surface area contributed by atoms with Crippen molar-refractivity contribution in [1.29, 1.82) is 5.26 Å². The van der Waals surface area contributed by atoms with E-state index in [1.807, 2.05) is 18.2 Å². The van der Waals surface area contributed by atoms with Gasteiger partial charge in [0.2, 0.25) is 0 Å². The predicted octanol–water partition coefficient (Wildman–Crippen LogP) is 1.85. The van der Waals surface area contributed by atoms with E-state index in [4.69, 9.17) is 10.4 Å². The molecular weight excluding hydrogens is 216 g/mol. The van der Waals surface area contributed by atoms with Crippen molar-refractivity contribution >= 4 is 5.97 Å². The fourth-order valence-electron chi connectivity index (χ4n) is 1.32. The molecule has 4 nitrogen and oxygen atoms in total. The van der Waals surface area contributed by atoms with Crippen LogP contribution in [0.2, 0.25) is 0 Å². The zero-order valence-corrected chi connectivity index (χ0v) is 10.3. The minimum absolute atomic E-state index is 0.533. The highest BCUT2D eigenvalue weighted by molar-refractivity contribution is 5.77. The third-order valence-corrected chi connectivity index (χ3v) is 2.98. The van der Waals surface area contributed by atoms with Gasteiger partial charge in [-0.3, -0.25) is 9.69 Å². The number of likely N-dealkylation sites (N-methyl/N-ethyl adjacent to an activating group) is 1. The van der Waals surface area contributed by atoms with Gasteiger partial charge in [-0.05, 0) is 38.6 Å². The van der Waals surface area contributed by atoms with Gasteiger partial charge in [-0.25, -0.2) is 0 Å². The van der Waals surface area contributed by atoms with Crippen molar-refractivity contribution in [2.24, 2.45) is 0 Å². The summed E-state index contributed by atoms with van der Waals surface area (Å²) >= 11 is 0. The molecular formula is C13H16N2O2. The van der Waals surface area contributed by atoms with Gasteiger partial charge in [0.05, 0.1) is 11.6 Å². The van der Waals surface area contributed by atoms with Crippen LogP contribution in [-0.4, -0.2) is 28.6 Å². The molecule has 0 atom stereocenters. The van der Waals surface area contributed by atoms with E-state index in [-0.39, 0.29) is 0 Å². The highest BCUT2D eigenvalue weighted by atomic mass is 16.4. The summed E-state index contributed by atoms with van der Waals surface area (Å²) < 4.78 is 0. The minimum atomic E-state index is -0.909. The molecule has 0 amide bonds. The van der Waals surface area contributed by atoms with Crippen LogP contribution >= 0.6 is 0 Å². The van der Waals surface area contributed by atoms with Gasteiger partial charge in [0, 0.05) is 6.54 Å². The summed E-state index contributed by atoms with van der Waals surface area (Å²) in [5, 5.41) is 17.8. The lowest BCUT2D eigenvalue weighted by Gasteiger charge is -2.31. The van der Waals surface area contributed by atoms with Gasteiger partial charge in [0.1, 0.15) is 5.54 Å². The topological polar surface area (TPSA) is 64.3 Å². The molecule has 1 aromatic rings. The molecule has 0 radical (unpaired) electrons. The summed E-state index contributed by atoms with van der Waals surface area (Å²) in [5.74, 6) is -0.853. The molecule has 0 spiro atoms. The SMILES string of the molecule is CN(Cc1ccc(C#N)cc1)C(C)(C)C(=O)O. The Bertz CT molecular complexity index is 443. The molecule has 0 aromatic heterocycles. The van der Waals surface area contributed by atoms with Gasteiger partial charge in [-0.2, -0.15) is 5.26 Å². The molecule has 17 heavy (non-hydrogen) atoms. The van der Waals surface area contributed by atoms with Crippen molar-refractivity contribution in [2.75, 3.05) is 7.05 Å². The summed E-state index contributed by atoms with van der Waals surface area (Å²) in [4.78, 5) is 12.8. The predicted molar refractivity (Wildman–Crippen MR) is 64.3 cm³/mol. The zero-order chi connectivity index (χ0) is 13.1. The van der Waals surface area contributed by atoms with Gasteiger partial charge in [0.25, 0.3) is 0 Å². The molecule has 1 N–H and O–H groups in total. The van der Waals surface area contributed by atoms with E-state index in [1.165, 1.54) is 0 Å². The van der Waals surface area contributed by atoms with Gasteiger partial charge in [0.15, 0.2) is 0 Å². The van der Waals surface area contributed by atoms with Crippen molar-refractivity contribution in [3.05, 3.63) is 35.4 Å². The molecule has 0 fully saturated rings. The minimum Gasteiger partial charge on any atom is -0.480 e. The van der Waals surface area contributed by atoms with E-state index >= 15 is 0 Å². The maximum absolute atomic E-state index is 11.1. The maximum Gasteiger partial charge on any atom is 0.323 e. The molecule has 1 aromatic carbocycles. The first-order valence-electron chi connectivity index (χ1n) is 5.31. The number of hydrogen-bond donors (Lipinski definition) is 1. The van der Waals surface area contributed by atoms with Crippen molar-refractivity contribution in [3.8, 4) is 6.07 Å². The van der Waals surface area contributed by atoms with Crippen LogP contribution in [-0.2, 0) is 11.3 Å². The summed E-state index contributed by atoms with van der Waals surface area (Å²) in [6, 6.07) is 9.19. The summed E-state index contributed by atoms with van der Waals surface area (Å²) in [6.07, 6.45) is 0. The Morgan fingerprint density at radius 1 is 1.41 bits per heavy atom. The second kappa shape index (κ2) is 4.98. The number of carbonyl (C=O) groups is 1. The van der Waals surface area contributed by atoms with Crippen LogP contribution in [0, 0.1) is 11.3 Å². The van der Waals surface area contributed by atoms with E-state index in [9.17, 15) is 4.79 Å². The van der Waals surface area contributed by atoms with Crippen molar-refractivity contribution in [1.82, 2.24) is 4.90 Å². The van der Waals surface area contributed by atoms with Gasteiger partial charge in [-0.1, -0.05) is 12.1 Å². The fourth-order valence-corrected chi connectivity index (χ4v) is 1.32. The monoisotopic (exact) mass is 232 g/mol. The van der Waals surface area contributed by atoms with E-state index < -0.39 is 11.5 Å². The van der Waals surface area contributed by atoms with Crippen LogP contribution in [0.1, 0.15) is 25.0 Å². The van der Waals surface area contributed by atoms with Crippen LogP contribution in [0.3, 0.4) is 0 Å². The Kier molecular flexibility index (Phi) is 3.87. The fraction of sp³-hybridized carbons (Fsp3) is 0.385. The third kappa shape index (κ3) is 3.05. The first-order chi connectivity index (χ1) is 7.87. The number of benzene rings is 1. The molecule has 0 unspecified atom stereocenters. The van der Waals surface area contributed by atoms with Gasteiger partial charge >= 0.3 is 5.97 Å². The molecule has 1 rings (SSSR count). The second-order valence-corrected chi connectivity index (χ2v) is 4.53. The first kappa shape index (κ1) is 13.2. The van der Waals surface area contributed by atoms with E-state index in [0.29, 0.717) is 12.1 Å². The smallest absolute Gasteiger partial charge is 0.323 e. The molecule has 0 bridgehead atoms.